The molecule has 1 aliphatic heterocycles. The molecule has 0 unspecified atom stereocenters. The van der Waals surface area contributed by atoms with Crippen LogP contribution in [-0.2, 0) is 11.3 Å². The van der Waals surface area contributed by atoms with Gasteiger partial charge >= 0.3 is 0 Å². The predicted molar refractivity (Wildman–Crippen MR) is 121 cm³/mol. The number of likely N-dealkylation sites (tertiary alicyclic amines) is 1. The lowest BCUT2D eigenvalue weighted by atomic mass is 9.55. The van der Waals surface area contributed by atoms with Gasteiger partial charge in [0.2, 0.25) is 0 Å². The zero-order chi connectivity index (χ0) is 20.6. The van der Waals surface area contributed by atoms with Gasteiger partial charge in [-0.3, -0.25) is 4.90 Å². The number of ether oxygens (including phenoxy) is 1. The van der Waals surface area contributed by atoms with Crippen molar-refractivity contribution in [3.05, 3.63) is 29.3 Å². The molecule has 4 nitrogen and oxygen atoms in total. The molecule has 1 aromatic rings. The van der Waals surface area contributed by atoms with Crippen molar-refractivity contribution in [2.45, 2.75) is 70.6 Å². The van der Waals surface area contributed by atoms with Crippen LogP contribution in [0.4, 0.5) is 0 Å². The van der Waals surface area contributed by atoms with E-state index in [0.717, 1.165) is 43.1 Å². The smallest absolute Gasteiger partial charge is 0.129 e. The summed E-state index contributed by atoms with van der Waals surface area (Å²) in [7, 11) is 1.77. The summed E-state index contributed by atoms with van der Waals surface area (Å²) in [5, 5.41) is 4.74. The van der Waals surface area contributed by atoms with Gasteiger partial charge < -0.3 is 9.57 Å². The van der Waals surface area contributed by atoms with Gasteiger partial charge in [0.1, 0.15) is 12.4 Å². The minimum absolute atomic E-state index is 0.246. The van der Waals surface area contributed by atoms with Crippen LogP contribution in [0.1, 0.15) is 75.3 Å². The maximum atomic E-state index is 5.88. The Labute approximate surface area is 182 Å². The van der Waals surface area contributed by atoms with Gasteiger partial charge in [-0.25, -0.2) is 0 Å². The summed E-state index contributed by atoms with van der Waals surface area (Å²) in [6.45, 7) is 6.72. The third-order valence-electron chi connectivity index (χ3n) is 8.80. The highest BCUT2D eigenvalue weighted by atomic mass is 16.6. The van der Waals surface area contributed by atoms with Gasteiger partial charge in [-0.1, -0.05) is 24.6 Å². The van der Waals surface area contributed by atoms with Crippen molar-refractivity contribution in [1.29, 1.82) is 0 Å². The molecule has 0 N–H and O–H groups in total. The highest BCUT2D eigenvalue weighted by molar-refractivity contribution is 5.92. The average Bonchev–Trinajstić information content (AvgIpc) is 3.13. The van der Waals surface area contributed by atoms with Crippen molar-refractivity contribution in [3.8, 4) is 5.75 Å². The van der Waals surface area contributed by atoms with Crippen molar-refractivity contribution in [2.24, 2.45) is 22.4 Å². The Morgan fingerprint density at radius 3 is 2.80 bits per heavy atom. The Kier molecular flexibility index (Phi) is 5.79. The van der Waals surface area contributed by atoms with Gasteiger partial charge in [-0.2, -0.15) is 0 Å². The van der Waals surface area contributed by atoms with Gasteiger partial charge in [-0.15, -0.1) is 0 Å². The first-order valence-corrected chi connectivity index (χ1v) is 12.3. The molecule has 4 heteroatoms. The molecule has 2 saturated carbocycles. The Bertz CT molecular complexity index is 785. The third-order valence-corrected chi connectivity index (χ3v) is 8.80. The maximum absolute atomic E-state index is 5.88. The number of rotatable bonds is 5. The first-order chi connectivity index (χ1) is 14.7. The molecule has 30 heavy (non-hydrogen) atoms. The van der Waals surface area contributed by atoms with Crippen LogP contribution in [0.15, 0.2) is 23.4 Å². The minimum Gasteiger partial charge on any atom is -0.497 e. The van der Waals surface area contributed by atoms with Gasteiger partial charge in [0.05, 0.1) is 12.8 Å². The van der Waals surface area contributed by atoms with Crippen LogP contribution < -0.4 is 4.74 Å². The second-order valence-electron chi connectivity index (χ2n) is 10.2. The summed E-state index contributed by atoms with van der Waals surface area (Å²) < 4.78 is 5.47. The number of oxime groups is 1. The maximum Gasteiger partial charge on any atom is 0.129 e. The number of benzene rings is 1. The third kappa shape index (κ3) is 3.66. The van der Waals surface area contributed by atoms with Crippen LogP contribution in [0.3, 0.4) is 0 Å². The monoisotopic (exact) mass is 410 g/mol. The zero-order valence-corrected chi connectivity index (χ0v) is 18.9. The van der Waals surface area contributed by atoms with E-state index in [0.29, 0.717) is 0 Å². The fourth-order valence-corrected chi connectivity index (χ4v) is 7.10. The highest BCUT2D eigenvalue weighted by Crippen LogP contribution is 2.60. The number of hydrogen-bond donors (Lipinski definition) is 0. The zero-order valence-electron chi connectivity index (χ0n) is 18.9. The van der Waals surface area contributed by atoms with Crippen molar-refractivity contribution in [1.82, 2.24) is 4.90 Å². The lowest BCUT2D eigenvalue weighted by Crippen LogP contribution is -2.42. The van der Waals surface area contributed by atoms with Gasteiger partial charge in [0.15, 0.2) is 0 Å². The number of piperidine rings is 1. The Morgan fingerprint density at radius 1 is 1.10 bits per heavy atom. The number of methoxy groups -OCH3 is 1. The van der Waals surface area contributed by atoms with Crippen LogP contribution >= 0.6 is 0 Å². The second kappa shape index (κ2) is 8.53. The van der Waals surface area contributed by atoms with E-state index in [-0.39, 0.29) is 5.41 Å². The molecule has 1 saturated heterocycles. The average molecular weight is 411 g/mol. The largest absolute Gasteiger partial charge is 0.497 e. The van der Waals surface area contributed by atoms with E-state index in [9.17, 15) is 0 Å². The van der Waals surface area contributed by atoms with Crippen molar-refractivity contribution in [3.63, 3.8) is 0 Å². The summed E-state index contributed by atoms with van der Waals surface area (Å²) in [5.74, 6) is 3.28. The summed E-state index contributed by atoms with van der Waals surface area (Å²) in [6, 6.07) is 6.78. The fraction of sp³-hybridized carbons (Fsp3) is 0.731. The first kappa shape index (κ1) is 20.4. The van der Waals surface area contributed by atoms with Gasteiger partial charge in [-0.05, 0) is 105 Å². The van der Waals surface area contributed by atoms with Gasteiger partial charge in [0.25, 0.3) is 0 Å². The topological polar surface area (TPSA) is 34.1 Å². The second-order valence-corrected chi connectivity index (χ2v) is 10.2. The van der Waals surface area contributed by atoms with Crippen LogP contribution in [-0.4, -0.2) is 44.0 Å². The SMILES string of the molecule is COc1ccc2c(c1)CC[C@@H]1[C@@H]2CC[C@]2(C)/C(=N/OCCN3CCCCC3)CC[C@@H]12. The number of aryl methyl sites for hydroxylation is 1. The van der Waals surface area contributed by atoms with Crippen LogP contribution in [0, 0.1) is 17.3 Å². The van der Waals surface area contributed by atoms with E-state index in [2.05, 4.69) is 30.0 Å². The molecule has 1 aromatic carbocycles. The molecule has 3 fully saturated rings. The number of hydrogen-bond acceptors (Lipinski definition) is 4. The molecule has 5 rings (SSSR count). The number of nitrogens with zero attached hydrogens (tertiary/aromatic N) is 2. The van der Waals surface area contributed by atoms with E-state index in [1.54, 1.807) is 12.7 Å². The van der Waals surface area contributed by atoms with Crippen LogP contribution in [0.2, 0.25) is 0 Å². The molecule has 0 aromatic heterocycles. The molecular formula is C26H38N2O2. The lowest BCUT2D eigenvalue weighted by Gasteiger charge is -2.49. The minimum atomic E-state index is 0.246. The molecule has 0 bridgehead atoms. The molecule has 0 amide bonds. The van der Waals surface area contributed by atoms with Crippen molar-refractivity contribution < 1.29 is 9.57 Å². The first-order valence-electron chi connectivity index (χ1n) is 12.3. The summed E-state index contributed by atoms with van der Waals surface area (Å²) in [6.07, 6.45) is 11.5. The highest BCUT2D eigenvalue weighted by Gasteiger charge is 2.53. The van der Waals surface area contributed by atoms with Crippen LogP contribution in [0.5, 0.6) is 5.75 Å². The summed E-state index contributed by atoms with van der Waals surface area (Å²) in [5.41, 5.74) is 4.71. The molecule has 4 aliphatic rings. The molecular weight excluding hydrogens is 372 g/mol. The Morgan fingerprint density at radius 2 is 1.97 bits per heavy atom. The molecule has 164 valence electrons. The van der Waals surface area contributed by atoms with E-state index >= 15 is 0 Å². The fourth-order valence-electron chi connectivity index (χ4n) is 7.10. The normalized spacial score (nSPS) is 34.9. The summed E-state index contributed by atoms with van der Waals surface area (Å²) >= 11 is 0. The molecule has 4 atom stereocenters. The van der Waals surface area contributed by atoms with E-state index in [4.69, 9.17) is 14.7 Å². The Hall–Kier alpha value is -1.55. The van der Waals surface area contributed by atoms with Crippen LogP contribution in [0.25, 0.3) is 0 Å². The standard InChI is InChI=1S/C26H38N2O2/c1-26-13-12-22-21-9-7-20(29-2)18-19(21)6-8-23(22)24(26)10-11-25(26)27-30-17-16-28-14-4-3-5-15-28/h7,9,18,22-24H,3-6,8,10-17H2,1-2H3/b27-25+/t22-,23-,24+,26+/m1/s1. The Balaban J connectivity index is 1.24. The van der Waals surface area contributed by atoms with Crippen molar-refractivity contribution >= 4 is 5.71 Å². The van der Waals surface area contributed by atoms with E-state index in [1.807, 2.05) is 0 Å². The molecule has 0 radical (unpaired) electrons. The van der Waals surface area contributed by atoms with E-state index < -0.39 is 0 Å². The molecule has 1 heterocycles. The predicted octanol–water partition coefficient (Wildman–Crippen LogP) is 5.41. The lowest BCUT2D eigenvalue weighted by molar-refractivity contribution is 0.0821. The van der Waals surface area contributed by atoms with Crippen molar-refractivity contribution in [2.75, 3.05) is 33.4 Å². The van der Waals surface area contributed by atoms with E-state index in [1.165, 1.54) is 75.7 Å². The van der Waals surface area contributed by atoms with Gasteiger partial charge in [0, 0.05) is 12.0 Å². The molecule has 3 aliphatic carbocycles. The quantitative estimate of drug-likeness (QED) is 0.481. The number of fused-ring (bicyclic) bond motifs is 5. The molecule has 0 spiro atoms. The summed E-state index contributed by atoms with van der Waals surface area (Å²) in [4.78, 5) is 8.42.